The van der Waals surface area contributed by atoms with Crippen LogP contribution in [0.1, 0.15) is 32.1 Å². The normalized spacial score (nSPS) is 30.4. The van der Waals surface area contributed by atoms with Crippen LogP contribution in [-0.2, 0) is 14.9 Å². The van der Waals surface area contributed by atoms with Crippen LogP contribution >= 0.6 is 0 Å². The quantitative estimate of drug-likeness (QED) is 0.476. The Balaban J connectivity index is 0.000000706. The smallest absolute Gasteiger partial charge is 0.747 e. The molecule has 3 aliphatic rings. The first-order chi connectivity index (χ1) is 9.55. The zero-order valence-corrected chi connectivity index (χ0v) is 15.1. The van der Waals surface area contributed by atoms with Crippen LogP contribution in [0.25, 0.3) is 0 Å². The SMILES string of the molecule is C=O.O=S(=O)([O-])C1CCCC2CC3CC=CC=C3C=C21.[Na+]. The van der Waals surface area contributed by atoms with Crippen molar-refractivity contribution >= 4 is 16.9 Å². The van der Waals surface area contributed by atoms with Crippen molar-refractivity contribution in [1.29, 1.82) is 0 Å². The molecule has 1 saturated carbocycles. The molecule has 6 heteroatoms. The molecule has 3 aliphatic carbocycles. The van der Waals surface area contributed by atoms with E-state index in [1.54, 1.807) is 0 Å². The summed E-state index contributed by atoms with van der Waals surface area (Å²) in [5.74, 6) is 0.831. The van der Waals surface area contributed by atoms with Crippen LogP contribution in [-0.4, -0.2) is 25.0 Å². The van der Waals surface area contributed by atoms with Gasteiger partial charge in [-0.25, -0.2) is 8.42 Å². The fraction of sp³-hybridized carbons (Fsp3) is 0.533. The summed E-state index contributed by atoms with van der Waals surface area (Å²) in [6, 6.07) is 0. The molecule has 0 bridgehead atoms. The van der Waals surface area contributed by atoms with Crippen LogP contribution in [0.5, 0.6) is 0 Å². The number of hydrogen-bond donors (Lipinski definition) is 0. The maximum Gasteiger partial charge on any atom is 1.00 e. The van der Waals surface area contributed by atoms with Crippen molar-refractivity contribution in [1.82, 2.24) is 0 Å². The van der Waals surface area contributed by atoms with Gasteiger partial charge in [0.25, 0.3) is 0 Å². The molecule has 3 atom stereocenters. The van der Waals surface area contributed by atoms with Crippen LogP contribution in [0.15, 0.2) is 35.5 Å². The summed E-state index contributed by atoms with van der Waals surface area (Å²) in [5, 5.41) is -0.774. The van der Waals surface area contributed by atoms with Gasteiger partial charge in [0, 0.05) is 0 Å². The Morgan fingerprint density at radius 3 is 2.57 bits per heavy atom. The van der Waals surface area contributed by atoms with Gasteiger partial charge in [-0.2, -0.15) is 0 Å². The minimum Gasteiger partial charge on any atom is -0.747 e. The van der Waals surface area contributed by atoms with Gasteiger partial charge < -0.3 is 9.35 Å². The van der Waals surface area contributed by atoms with Crippen molar-refractivity contribution in [3.05, 3.63) is 35.5 Å². The summed E-state index contributed by atoms with van der Waals surface area (Å²) in [4.78, 5) is 8.00. The fourth-order valence-corrected chi connectivity index (χ4v) is 4.60. The van der Waals surface area contributed by atoms with Crippen molar-refractivity contribution in [3.8, 4) is 0 Å². The summed E-state index contributed by atoms with van der Waals surface area (Å²) in [6.45, 7) is 2.00. The number of allylic oxidation sites excluding steroid dienone is 5. The Morgan fingerprint density at radius 1 is 1.19 bits per heavy atom. The van der Waals surface area contributed by atoms with Gasteiger partial charge in [-0.1, -0.05) is 30.7 Å². The molecule has 0 radical (unpaired) electrons. The molecule has 4 nitrogen and oxygen atoms in total. The van der Waals surface area contributed by atoms with E-state index in [2.05, 4.69) is 12.2 Å². The minimum absolute atomic E-state index is 0. The third kappa shape index (κ3) is 4.17. The molecule has 1 fully saturated rings. The molecule has 0 aromatic carbocycles. The molecule has 0 heterocycles. The second-order valence-corrected chi connectivity index (χ2v) is 7.07. The molecule has 0 aromatic rings. The van der Waals surface area contributed by atoms with E-state index in [4.69, 9.17) is 4.79 Å². The van der Waals surface area contributed by atoms with E-state index in [-0.39, 0.29) is 29.6 Å². The van der Waals surface area contributed by atoms with Crippen molar-refractivity contribution < 1.29 is 47.3 Å². The summed E-state index contributed by atoms with van der Waals surface area (Å²) in [6.07, 6.45) is 12.7. The van der Waals surface area contributed by atoms with Gasteiger partial charge in [-0.3, -0.25) is 0 Å². The van der Waals surface area contributed by atoms with Crippen LogP contribution in [0.4, 0.5) is 0 Å². The molecule has 0 N–H and O–H groups in total. The molecular weight excluding hydrogens is 299 g/mol. The van der Waals surface area contributed by atoms with E-state index >= 15 is 0 Å². The third-order valence-corrected chi connectivity index (χ3v) is 5.63. The summed E-state index contributed by atoms with van der Waals surface area (Å²) in [5.41, 5.74) is 2.09. The zero-order chi connectivity index (χ0) is 14.8. The van der Waals surface area contributed by atoms with E-state index < -0.39 is 15.4 Å². The van der Waals surface area contributed by atoms with Crippen molar-refractivity contribution in [3.63, 3.8) is 0 Å². The standard InChI is InChI=1S/C14H18O3S.CH2O.Na/c15-18(16,17)14-7-3-6-12-8-10-4-1-2-5-11(10)9-13(12)14;1-2;/h1-2,5,9-10,12,14H,3-4,6-8H2,(H,15,16,17);1H2;/q;;+1/p-1. The van der Waals surface area contributed by atoms with Gasteiger partial charge in [0.2, 0.25) is 0 Å². The van der Waals surface area contributed by atoms with Gasteiger partial charge in [-0.05, 0) is 48.7 Å². The van der Waals surface area contributed by atoms with Crippen molar-refractivity contribution in [2.24, 2.45) is 11.8 Å². The van der Waals surface area contributed by atoms with Crippen LogP contribution < -0.4 is 29.6 Å². The maximum absolute atomic E-state index is 11.4. The van der Waals surface area contributed by atoms with Crippen LogP contribution in [0, 0.1) is 11.8 Å². The molecule has 3 unspecified atom stereocenters. The Labute approximate surface area is 148 Å². The van der Waals surface area contributed by atoms with Gasteiger partial charge >= 0.3 is 29.6 Å². The first-order valence-corrected chi connectivity index (χ1v) is 8.34. The van der Waals surface area contributed by atoms with E-state index in [1.165, 1.54) is 5.57 Å². The predicted molar refractivity (Wildman–Crippen MR) is 76.0 cm³/mol. The molecule has 110 valence electrons. The summed E-state index contributed by atoms with van der Waals surface area (Å²) in [7, 11) is -4.20. The van der Waals surface area contributed by atoms with Gasteiger partial charge in [-0.15, -0.1) is 0 Å². The van der Waals surface area contributed by atoms with Crippen molar-refractivity contribution in [2.75, 3.05) is 0 Å². The first-order valence-electron chi connectivity index (χ1n) is 6.87. The monoisotopic (exact) mass is 318 g/mol. The Hall–Kier alpha value is -0.200. The van der Waals surface area contributed by atoms with Crippen LogP contribution in [0.3, 0.4) is 0 Å². The molecule has 0 aliphatic heterocycles. The minimum atomic E-state index is -4.20. The number of rotatable bonds is 1. The number of hydrogen-bond acceptors (Lipinski definition) is 4. The maximum atomic E-state index is 11.4. The first kappa shape index (κ1) is 18.8. The van der Waals surface area contributed by atoms with E-state index in [0.717, 1.165) is 31.3 Å². The van der Waals surface area contributed by atoms with E-state index in [1.807, 2.05) is 18.9 Å². The second kappa shape index (κ2) is 7.88. The van der Waals surface area contributed by atoms with Gasteiger partial charge in [0.05, 0.1) is 5.25 Å². The molecule has 0 aromatic heterocycles. The Morgan fingerprint density at radius 2 is 1.90 bits per heavy atom. The Bertz CT molecular complexity index is 562. The molecule has 0 amide bonds. The number of carbonyl (C=O) groups is 1. The summed E-state index contributed by atoms with van der Waals surface area (Å²) >= 11 is 0. The average Bonchev–Trinajstić information content (AvgIpc) is 2.45. The largest absolute Gasteiger partial charge is 1.00 e. The molecule has 0 saturated heterocycles. The fourth-order valence-electron chi connectivity index (χ4n) is 3.55. The topological polar surface area (TPSA) is 74.3 Å². The molecule has 0 spiro atoms. The third-order valence-electron chi connectivity index (χ3n) is 4.43. The van der Waals surface area contributed by atoms with Crippen LogP contribution in [0.2, 0.25) is 0 Å². The zero-order valence-electron chi connectivity index (χ0n) is 12.3. The second-order valence-electron chi connectivity index (χ2n) is 5.52. The predicted octanol–water partition coefficient (Wildman–Crippen LogP) is -0.648. The van der Waals surface area contributed by atoms with Crippen molar-refractivity contribution in [2.45, 2.75) is 37.4 Å². The molecule has 21 heavy (non-hydrogen) atoms. The molecular formula is C15H19NaO4S. The van der Waals surface area contributed by atoms with Gasteiger partial charge in [0.15, 0.2) is 0 Å². The summed E-state index contributed by atoms with van der Waals surface area (Å²) < 4.78 is 34.1. The van der Waals surface area contributed by atoms with E-state index in [9.17, 15) is 13.0 Å². The van der Waals surface area contributed by atoms with Gasteiger partial charge in [0.1, 0.15) is 16.9 Å². The number of carbonyl (C=O) groups excluding carboxylic acids is 1. The average molecular weight is 318 g/mol. The van der Waals surface area contributed by atoms with E-state index in [0.29, 0.717) is 18.3 Å². The number of fused-ring (bicyclic) bond motifs is 2. The Kier molecular flexibility index (Phi) is 7.07. The molecule has 3 rings (SSSR count).